The summed E-state index contributed by atoms with van der Waals surface area (Å²) in [4.78, 5) is 11.7. The Hall–Kier alpha value is -1.31. The quantitative estimate of drug-likeness (QED) is 0.628. The molecule has 1 heterocycles. The summed E-state index contributed by atoms with van der Waals surface area (Å²) in [6, 6.07) is 7.52. The molecular weight excluding hydrogens is 176 g/mol. The minimum atomic E-state index is 0.211. The number of hydrogen-bond acceptors (Lipinski definition) is 2. The van der Waals surface area contributed by atoms with Crippen LogP contribution in [0.4, 0.5) is 0 Å². The summed E-state index contributed by atoms with van der Waals surface area (Å²) in [5.74, 6) is 0.960. The Balaban J connectivity index is 2.30. The van der Waals surface area contributed by atoms with Crippen LogP contribution in [0.3, 0.4) is 0 Å². The molecule has 1 aromatic rings. The van der Waals surface area contributed by atoms with Gasteiger partial charge in [0.2, 0.25) is 0 Å². The zero-order valence-corrected chi connectivity index (χ0v) is 8.16. The first-order valence-electron chi connectivity index (χ1n) is 5.13. The number of Topliss-reactive ketones (excluding diaryl/α,β-unsaturated/α-hetero) is 1. The van der Waals surface area contributed by atoms with E-state index in [2.05, 4.69) is 0 Å². The zero-order valence-electron chi connectivity index (χ0n) is 8.16. The molecule has 0 amide bonds. The van der Waals surface area contributed by atoms with Crippen molar-refractivity contribution in [3.63, 3.8) is 0 Å². The van der Waals surface area contributed by atoms with E-state index in [-0.39, 0.29) is 5.78 Å². The smallest absolute Gasteiger partial charge is 0.166 e. The Morgan fingerprint density at radius 3 is 2.86 bits per heavy atom. The first-order valence-corrected chi connectivity index (χ1v) is 5.13. The average Bonchev–Trinajstić information content (AvgIpc) is 2.30. The molecule has 0 saturated heterocycles. The van der Waals surface area contributed by atoms with Crippen molar-refractivity contribution in [1.82, 2.24) is 0 Å². The van der Waals surface area contributed by atoms with Crippen LogP contribution in [-0.2, 0) is 0 Å². The van der Waals surface area contributed by atoms with Crippen molar-refractivity contribution in [3.05, 3.63) is 29.8 Å². The lowest BCUT2D eigenvalue weighted by Gasteiger charge is -2.07. The van der Waals surface area contributed by atoms with E-state index >= 15 is 0 Å². The summed E-state index contributed by atoms with van der Waals surface area (Å²) in [7, 11) is 0. The SMILES string of the molecule is O=C1CCCCCOc2ccccc21. The van der Waals surface area contributed by atoms with Gasteiger partial charge in [0.05, 0.1) is 12.2 Å². The summed E-state index contributed by atoms with van der Waals surface area (Å²) in [6.45, 7) is 0.726. The van der Waals surface area contributed by atoms with Gasteiger partial charge in [-0.05, 0) is 31.4 Å². The molecule has 0 aromatic heterocycles. The van der Waals surface area contributed by atoms with Gasteiger partial charge in [-0.2, -0.15) is 0 Å². The van der Waals surface area contributed by atoms with Crippen molar-refractivity contribution in [2.45, 2.75) is 25.7 Å². The summed E-state index contributed by atoms with van der Waals surface area (Å²) in [6.07, 6.45) is 3.76. The van der Waals surface area contributed by atoms with Crippen molar-refractivity contribution in [2.75, 3.05) is 6.61 Å². The van der Waals surface area contributed by atoms with Gasteiger partial charge in [-0.25, -0.2) is 0 Å². The molecule has 74 valence electrons. The van der Waals surface area contributed by atoms with Crippen LogP contribution in [0.5, 0.6) is 5.75 Å². The van der Waals surface area contributed by atoms with E-state index in [1.54, 1.807) is 0 Å². The molecule has 0 spiro atoms. The lowest BCUT2D eigenvalue weighted by atomic mass is 10.0. The fourth-order valence-electron chi connectivity index (χ4n) is 1.70. The van der Waals surface area contributed by atoms with Crippen LogP contribution in [-0.4, -0.2) is 12.4 Å². The van der Waals surface area contributed by atoms with Crippen LogP contribution in [0, 0.1) is 0 Å². The molecular formula is C12H14O2. The molecule has 0 fully saturated rings. The van der Waals surface area contributed by atoms with Crippen LogP contribution >= 0.6 is 0 Å². The molecule has 2 nitrogen and oxygen atoms in total. The number of carbonyl (C=O) groups excluding carboxylic acids is 1. The largest absolute Gasteiger partial charge is 0.493 e. The Morgan fingerprint density at radius 1 is 1.07 bits per heavy atom. The molecule has 2 heteroatoms. The molecule has 1 aliphatic heterocycles. The summed E-state index contributed by atoms with van der Waals surface area (Å²) < 4.78 is 5.56. The summed E-state index contributed by atoms with van der Waals surface area (Å²) in [5, 5.41) is 0. The van der Waals surface area contributed by atoms with Gasteiger partial charge in [0.25, 0.3) is 0 Å². The molecule has 0 unspecified atom stereocenters. The molecule has 0 aliphatic carbocycles. The predicted octanol–water partition coefficient (Wildman–Crippen LogP) is 2.82. The lowest BCUT2D eigenvalue weighted by Crippen LogP contribution is -2.02. The van der Waals surface area contributed by atoms with Gasteiger partial charge in [-0.1, -0.05) is 12.1 Å². The van der Waals surface area contributed by atoms with Crippen molar-refractivity contribution < 1.29 is 9.53 Å². The van der Waals surface area contributed by atoms with Crippen molar-refractivity contribution >= 4 is 5.78 Å². The third-order valence-electron chi connectivity index (χ3n) is 2.49. The van der Waals surface area contributed by atoms with Gasteiger partial charge < -0.3 is 4.74 Å². The van der Waals surface area contributed by atoms with Crippen molar-refractivity contribution in [1.29, 1.82) is 0 Å². The predicted molar refractivity (Wildman–Crippen MR) is 54.7 cm³/mol. The molecule has 1 aliphatic rings. The summed E-state index contributed by atoms with van der Waals surface area (Å²) >= 11 is 0. The van der Waals surface area contributed by atoms with E-state index in [9.17, 15) is 4.79 Å². The number of rotatable bonds is 0. The topological polar surface area (TPSA) is 26.3 Å². The number of fused-ring (bicyclic) bond motifs is 1. The van der Waals surface area contributed by atoms with Crippen LogP contribution in [0.1, 0.15) is 36.0 Å². The van der Waals surface area contributed by atoms with E-state index in [0.29, 0.717) is 6.42 Å². The number of ketones is 1. The Morgan fingerprint density at radius 2 is 1.93 bits per heavy atom. The highest BCUT2D eigenvalue weighted by molar-refractivity contribution is 5.98. The van der Waals surface area contributed by atoms with Crippen LogP contribution < -0.4 is 4.74 Å². The maximum atomic E-state index is 11.7. The fraction of sp³-hybridized carbons (Fsp3) is 0.417. The highest BCUT2D eigenvalue weighted by atomic mass is 16.5. The van der Waals surface area contributed by atoms with Gasteiger partial charge in [0.15, 0.2) is 5.78 Å². The van der Waals surface area contributed by atoms with E-state index in [1.807, 2.05) is 24.3 Å². The first kappa shape index (κ1) is 9.25. The molecule has 1 aromatic carbocycles. The van der Waals surface area contributed by atoms with E-state index in [4.69, 9.17) is 4.74 Å². The average molecular weight is 190 g/mol. The molecule has 0 atom stereocenters. The number of para-hydroxylation sites is 1. The van der Waals surface area contributed by atoms with Crippen molar-refractivity contribution in [2.24, 2.45) is 0 Å². The zero-order chi connectivity index (χ0) is 9.80. The second-order valence-electron chi connectivity index (χ2n) is 3.58. The number of ether oxygens (including phenoxy) is 1. The molecule has 0 N–H and O–H groups in total. The summed E-state index contributed by atoms with van der Waals surface area (Å²) in [5.41, 5.74) is 0.745. The Labute approximate surface area is 83.9 Å². The molecule has 0 bridgehead atoms. The number of benzene rings is 1. The van der Waals surface area contributed by atoms with E-state index < -0.39 is 0 Å². The van der Waals surface area contributed by atoms with E-state index in [1.165, 1.54) is 0 Å². The highest BCUT2D eigenvalue weighted by Crippen LogP contribution is 2.22. The molecule has 0 saturated carbocycles. The second kappa shape index (κ2) is 4.27. The fourth-order valence-corrected chi connectivity index (χ4v) is 1.70. The third kappa shape index (κ3) is 1.95. The Bertz CT molecular complexity index is 331. The van der Waals surface area contributed by atoms with E-state index in [0.717, 1.165) is 37.2 Å². The van der Waals surface area contributed by atoms with Gasteiger partial charge in [-0.15, -0.1) is 0 Å². The molecule has 14 heavy (non-hydrogen) atoms. The number of hydrogen-bond donors (Lipinski definition) is 0. The lowest BCUT2D eigenvalue weighted by molar-refractivity contribution is 0.0978. The molecule has 0 radical (unpaired) electrons. The maximum absolute atomic E-state index is 11.7. The standard InChI is InChI=1S/C12H14O2/c13-11-7-2-1-5-9-14-12-8-4-3-6-10(11)12/h3-4,6,8H,1-2,5,7,9H2. The molecule has 2 rings (SSSR count). The highest BCUT2D eigenvalue weighted by Gasteiger charge is 2.13. The second-order valence-corrected chi connectivity index (χ2v) is 3.58. The normalized spacial score (nSPS) is 17.3. The van der Waals surface area contributed by atoms with Crippen molar-refractivity contribution in [3.8, 4) is 5.75 Å². The maximum Gasteiger partial charge on any atom is 0.166 e. The third-order valence-corrected chi connectivity index (χ3v) is 2.49. The van der Waals surface area contributed by atoms with Crippen LogP contribution in [0.15, 0.2) is 24.3 Å². The number of carbonyl (C=O) groups is 1. The monoisotopic (exact) mass is 190 g/mol. The minimum absolute atomic E-state index is 0.211. The van der Waals surface area contributed by atoms with Gasteiger partial charge in [-0.3, -0.25) is 4.79 Å². The first-order chi connectivity index (χ1) is 6.88. The van der Waals surface area contributed by atoms with Crippen LogP contribution in [0.2, 0.25) is 0 Å². The van der Waals surface area contributed by atoms with Gasteiger partial charge >= 0.3 is 0 Å². The van der Waals surface area contributed by atoms with Gasteiger partial charge in [0.1, 0.15) is 5.75 Å². The minimum Gasteiger partial charge on any atom is -0.493 e. The van der Waals surface area contributed by atoms with Crippen LogP contribution in [0.25, 0.3) is 0 Å². The Kier molecular flexibility index (Phi) is 2.82. The van der Waals surface area contributed by atoms with Gasteiger partial charge in [0, 0.05) is 6.42 Å².